The molecule has 0 radical (unpaired) electrons. The maximum atomic E-state index is 12.8. The summed E-state index contributed by atoms with van der Waals surface area (Å²) in [4.78, 5) is 36.6. The second-order valence-electron chi connectivity index (χ2n) is 7.55. The van der Waals surface area contributed by atoms with Crippen molar-refractivity contribution in [3.63, 3.8) is 0 Å². The van der Waals surface area contributed by atoms with Gasteiger partial charge in [0.2, 0.25) is 0 Å². The topological polar surface area (TPSA) is 125 Å². The molecule has 0 atom stereocenters. The molecule has 1 N–H and O–H groups in total. The number of ether oxygens (including phenoxy) is 2. The van der Waals surface area contributed by atoms with Crippen LogP contribution in [0.3, 0.4) is 0 Å². The van der Waals surface area contributed by atoms with E-state index in [1.54, 1.807) is 0 Å². The number of rotatable bonds is 9. The molecule has 0 bridgehead atoms. The first kappa shape index (κ1) is 27.6. The van der Waals surface area contributed by atoms with E-state index in [4.69, 9.17) is 9.47 Å². The highest BCUT2D eigenvalue weighted by atomic mass is 32.2. The van der Waals surface area contributed by atoms with Crippen LogP contribution < -0.4 is 14.2 Å². The van der Waals surface area contributed by atoms with Gasteiger partial charge < -0.3 is 19.0 Å². The molecule has 0 aliphatic heterocycles. The van der Waals surface area contributed by atoms with Crippen molar-refractivity contribution in [2.24, 2.45) is 5.92 Å². The first-order valence-electron chi connectivity index (χ1n) is 9.94. The van der Waals surface area contributed by atoms with Crippen LogP contribution in [-0.2, 0) is 14.9 Å². The summed E-state index contributed by atoms with van der Waals surface area (Å²) in [5.74, 6) is -2.52. The van der Waals surface area contributed by atoms with E-state index in [0.717, 1.165) is 26.4 Å². The quantitative estimate of drug-likeness (QED) is 0.232. The van der Waals surface area contributed by atoms with Gasteiger partial charge in [0.1, 0.15) is 0 Å². The summed E-state index contributed by atoms with van der Waals surface area (Å²) >= 11 is 0. The van der Waals surface area contributed by atoms with Crippen molar-refractivity contribution in [2.75, 3.05) is 20.8 Å². The van der Waals surface area contributed by atoms with Crippen molar-refractivity contribution in [3.05, 3.63) is 47.0 Å². The number of amides is 1. The van der Waals surface area contributed by atoms with E-state index in [-0.39, 0.29) is 40.0 Å². The molecule has 0 spiro atoms. The summed E-state index contributed by atoms with van der Waals surface area (Å²) in [5.41, 5.74) is -5.99. The largest absolute Gasteiger partial charge is 0.534 e. The normalized spacial score (nSPS) is 11.7. The molecule has 0 fully saturated rings. The number of hydrogen-bond donors (Lipinski definition) is 1. The fourth-order valence-corrected chi connectivity index (χ4v) is 3.36. The van der Waals surface area contributed by atoms with Gasteiger partial charge in [0, 0.05) is 17.7 Å². The zero-order valence-corrected chi connectivity index (χ0v) is 19.9. The minimum absolute atomic E-state index is 0.0110. The average Bonchev–Trinajstić information content (AvgIpc) is 2.80. The Hall–Kier alpha value is -3.61. The zero-order valence-electron chi connectivity index (χ0n) is 19.1. The predicted octanol–water partition coefficient (Wildman–Crippen LogP) is 3.58. The summed E-state index contributed by atoms with van der Waals surface area (Å²) in [7, 11) is -3.92. The molecule has 0 aliphatic rings. The fourth-order valence-electron chi connectivity index (χ4n) is 2.89. The van der Waals surface area contributed by atoms with Crippen LogP contribution in [0.1, 0.15) is 44.9 Å². The molecule has 0 aliphatic carbocycles. The summed E-state index contributed by atoms with van der Waals surface area (Å²) in [5, 5.41) is 2.69. The number of methoxy groups -OCH3 is 2. The van der Waals surface area contributed by atoms with Crippen molar-refractivity contribution >= 4 is 28.3 Å². The van der Waals surface area contributed by atoms with Gasteiger partial charge >= 0.3 is 21.6 Å². The molecule has 0 unspecified atom stereocenters. The lowest BCUT2D eigenvalue weighted by Crippen LogP contribution is -2.28. The molecule has 0 aromatic heterocycles. The van der Waals surface area contributed by atoms with Gasteiger partial charge in [-0.3, -0.25) is 9.59 Å². The molecule has 1 amide bonds. The summed E-state index contributed by atoms with van der Waals surface area (Å²) in [6.45, 7) is 4.17. The van der Waals surface area contributed by atoms with E-state index in [2.05, 4.69) is 9.50 Å². The number of carbonyl (C=O) groups excluding carboxylic acids is 3. The first-order valence-corrected chi connectivity index (χ1v) is 11.4. The van der Waals surface area contributed by atoms with Gasteiger partial charge in [-0.2, -0.15) is 21.6 Å². The number of halogens is 3. The number of carbonyl (C=O) groups is 3. The summed E-state index contributed by atoms with van der Waals surface area (Å²) in [6, 6.07) is 5.71. The molecule has 2 aromatic carbocycles. The van der Waals surface area contributed by atoms with Crippen LogP contribution >= 0.6 is 0 Å². The van der Waals surface area contributed by atoms with Crippen LogP contribution in [0.15, 0.2) is 30.3 Å². The maximum absolute atomic E-state index is 12.8. The van der Waals surface area contributed by atoms with E-state index in [9.17, 15) is 36.0 Å². The number of esters is 1. The van der Waals surface area contributed by atoms with Gasteiger partial charge in [-0.1, -0.05) is 19.9 Å². The molecule has 0 heterocycles. The lowest BCUT2D eigenvalue weighted by Gasteiger charge is -2.17. The Labute approximate surface area is 199 Å². The first-order chi connectivity index (χ1) is 16.2. The van der Waals surface area contributed by atoms with Crippen molar-refractivity contribution in [1.82, 2.24) is 5.32 Å². The molecule has 2 rings (SSSR count). The highest BCUT2D eigenvalue weighted by molar-refractivity contribution is 7.88. The van der Waals surface area contributed by atoms with Crippen LogP contribution in [0.4, 0.5) is 13.2 Å². The Morgan fingerprint density at radius 3 is 2.23 bits per heavy atom. The van der Waals surface area contributed by atoms with E-state index in [1.807, 2.05) is 13.8 Å². The molecule has 9 nitrogen and oxygen atoms in total. The monoisotopic (exact) mass is 517 g/mol. The van der Waals surface area contributed by atoms with Gasteiger partial charge in [0.25, 0.3) is 5.91 Å². The molecule has 35 heavy (non-hydrogen) atoms. The lowest BCUT2D eigenvalue weighted by atomic mass is 9.93. The highest BCUT2D eigenvalue weighted by Crippen LogP contribution is 2.39. The molecule has 2 aromatic rings. The van der Waals surface area contributed by atoms with Gasteiger partial charge in [0.15, 0.2) is 17.8 Å². The van der Waals surface area contributed by atoms with E-state index in [0.29, 0.717) is 6.54 Å². The van der Waals surface area contributed by atoms with Crippen molar-refractivity contribution in [2.45, 2.75) is 19.4 Å². The van der Waals surface area contributed by atoms with Crippen LogP contribution in [0.5, 0.6) is 11.5 Å². The average molecular weight is 517 g/mol. The minimum Gasteiger partial charge on any atom is -0.493 e. The third kappa shape index (κ3) is 6.29. The molecule has 190 valence electrons. The Morgan fingerprint density at radius 1 is 1.06 bits per heavy atom. The zero-order chi connectivity index (χ0) is 26.6. The molecular formula is C22H22F3NO8S. The molecular weight excluding hydrogens is 495 g/mol. The third-order valence-electron chi connectivity index (χ3n) is 4.59. The molecule has 0 saturated heterocycles. The van der Waals surface area contributed by atoms with Gasteiger partial charge in [0.05, 0.1) is 19.8 Å². The maximum Gasteiger partial charge on any atom is 0.534 e. The standard InChI is InChI=1S/C22H22F3NO8S/c1-12(2)10-26-20(28)13-5-6-15(17(7-13)21(29)33-4)16-9-18(32-3)19(8-14(16)11-27)34-35(30,31)22(23,24)25/h5-9,11-12H,10H2,1-4H3,(H,26,28). The van der Waals surface area contributed by atoms with Crippen LogP contribution in [0.2, 0.25) is 0 Å². The third-order valence-corrected chi connectivity index (χ3v) is 5.56. The van der Waals surface area contributed by atoms with Crippen LogP contribution in [0, 0.1) is 5.92 Å². The second kappa shape index (κ2) is 10.8. The number of nitrogens with one attached hydrogen (secondary N) is 1. The number of aldehydes is 1. The summed E-state index contributed by atoms with van der Waals surface area (Å²) < 4.78 is 75.0. The number of benzene rings is 2. The second-order valence-corrected chi connectivity index (χ2v) is 9.09. The smallest absolute Gasteiger partial charge is 0.493 e. The Balaban J connectivity index is 2.67. The van der Waals surface area contributed by atoms with Crippen LogP contribution in [0.25, 0.3) is 11.1 Å². The Bertz CT molecular complexity index is 1240. The molecule has 0 saturated carbocycles. The summed E-state index contributed by atoms with van der Waals surface area (Å²) in [6.07, 6.45) is 0.228. The fraction of sp³-hybridized carbons (Fsp3) is 0.318. The van der Waals surface area contributed by atoms with Gasteiger partial charge in [-0.25, -0.2) is 4.79 Å². The Morgan fingerprint density at radius 2 is 1.71 bits per heavy atom. The predicted molar refractivity (Wildman–Crippen MR) is 118 cm³/mol. The van der Waals surface area contributed by atoms with Crippen molar-refractivity contribution < 1.29 is 49.6 Å². The lowest BCUT2D eigenvalue weighted by molar-refractivity contribution is -0.0500. The van der Waals surface area contributed by atoms with Crippen molar-refractivity contribution in [1.29, 1.82) is 0 Å². The van der Waals surface area contributed by atoms with E-state index in [1.165, 1.54) is 18.2 Å². The van der Waals surface area contributed by atoms with E-state index < -0.39 is 39.0 Å². The highest BCUT2D eigenvalue weighted by Gasteiger charge is 2.49. The number of alkyl halides is 3. The van der Waals surface area contributed by atoms with Crippen LogP contribution in [-0.4, -0.2) is 52.9 Å². The van der Waals surface area contributed by atoms with E-state index >= 15 is 0 Å². The minimum atomic E-state index is -6.05. The SMILES string of the molecule is COC(=O)c1cc(C(=O)NCC(C)C)ccc1-c1cc(OC)c(OS(=O)(=O)C(F)(F)F)cc1C=O. The number of hydrogen-bond acceptors (Lipinski definition) is 8. The van der Waals surface area contributed by atoms with Gasteiger partial charge in [-0.15, -0.1) is 0 Å². The Kier molecular flexibility index (Phi) is 8.50. The molecule has 13 heteroatoms. The van der Waals surface area contributed by atoms with Crippen molar-refractivity contribution in [3.8, 4) is 22.6 Å². The van der Waals surface area contributed by atoms with Gasteiger partial charge in [-0.05, 0) is 41.3 Å².